The number of halogens is 36. The van der Waals surface area contributed by atoms with Gasteiger partial charge in [-0.25, -0.2) is 13.2 Å². The van der Waals surface area contributed by atoms with Gasteiger partial charge < -0.3 is 17.7 Å². The molecule has 0 N–H and O–H groups in total. The van der Waals surface area contributed by atoms with Crippen molar-refractivity contribution < 1.29 is 176 Å². The maximum absolute atomic E-state index is 14.6. The van der Waals surface area contributed by atoms with E-state index in [1.165, 1.54) is 22.7 Å². The fraction of sp³-hybridized carbons (Fsp3) is 0.727. The van der Waals surface area contributed by atoms with Gasteiger partial charge in [0.25, 0.3) is 0 Å². The molecule has 0 atom stereocenters. The van der Waals surface area contributed by atoms with Crippen LogP contribution < -0.4 is 0 Å². The molecule has 0 aromatic rings. The van der Waals surface area contributed by atoms with Crippen molar-refractivity contribution in [3.8, 4) is 0 Å². The Morgan fingerprint density at radius 3 is 0.766 bits per heavy atom. The van der Waals surface area contributed by atoms with E-state index in [1.54, 1.807) is 0 Å². The van der Waals surface area contributed by atoms with Crippen molar-refractivity contribution in [3.63, 3.8) is 0 Å². The second-order valence-corrected chi connectivity index (χ2v) is 16.0. The van der Waals surface area contributed by atoms with Gasteiger partial charge in [0.15, 0.2) is 0 Å². The molecule has 0 bridgehead atoms. The van der Waals surface area contributed by atoms with E-state index in [0.717, 1.165) is 0 Å². The Morgan fingerprint density at radius 1 is 0.328 bits per heavy atom. The minimum Gasteiger partial charge on any atom is -0.385 e. The Hall–Kier alpha value is -3.03. The van der Waals surface area contributed by atoms with Crippen LogP contribution in [-0.2, 0) is 17.7 Å². The molecule has 0 aromatic heterocycles. The monoisotopic (exact) mass is 1080 g/mol. The predicted molar refractivity (Wildman–Crippen MR) is 131 cm³/mol. The van der Waals surface area contributed by atoms with E-state index in [9.17, 15) is 158 Å². The zero-order valence-corrected chi connectivity index (χ0v) is 30.7. The Labute approximate surface area is 327 Å². The normalized spacial score (nSPS) is 15.1. The molecule has 0 amide bonds. The van der Waals surface area contributed by atoms with Crippen molar-refractivity contribution >= 4 is 17.1 Å². The molecule has 0 saturated carbocycles. The molecule has 64 heavy (non-hydrogen) atoms. The molecule has 0 aliphatic heterocycles. The van der Waals surface area contributed by atoms with Crippen molar-refractivity contribution in [2.75, 3.05) is 13.2 Å². The summed E-state index contributed by atoms with van der Waals surface area (Å²) in [5.41, 5.74) is -20.4. The van der Waals surface area contributed by atoms with Crippen LogP contribution in [0.15, 0.2) is 34.6 Å². The third-order valence-electron chi connectivity index (χ3n) is 6.40. The van der Waals surface area contributed by atoms with Crippen LogP contribution in [0.4, 0.5) is 158 Å². The summed E-state index contributed by atoms with van der Waals surface area (Å²) in [7, 11) is -16.5. The highest BCUT2D eigenvalue weighted by molar-refractivity contribution is 6.80. The van der Waals surface area contributed by atoms with Gasteiger partial charge in [0.2, 0.25) is 16.4 Å². The molecule has 0 unspecified atom stereocenters. The Balaban J connectivity index is 0. The van der Waals surface area contributed by atoms with E-state index in [1.807, 2.05) is 0 Å². The van der Waals surface area contributed by atoms with Gasteiger partial charge in [0.1, 0.15) is 0 Å². The van der Waals surface area contributed by atoms with E-state index in [0.29, 0.717) is 0 Å². The van der Waals surface area contributed by atoms with E-state index < -0.39 is 137 Å². The fourth-order valence-corrected chi connectivity index (χ4v) is 8.01. The minimum absolute atomic E-state index is 0.451. The molecule has 42 heteroatoms. The van der Waals surface area contributed by atoms with Crippen molar-refractivity contribution in [1.82, 2.24) is 0 Å². The molecule has 0 radical (unpaired) electrons. The predicted octanol–water partition coefficient (Wildman–Crippen LogP) is 13.7. The topological polar surface area (TPSA) is 36.9 Å². The molecular formula is C22H10F36O4Si2. The molecule has 0 aliphatic carbocycles. The summed E-state index contributed by atoms with van der Waals surface area (Å²) in [6, 6.07) is 0. The minimum atomic E-state index is -11.3. The molecule has 0 aliphatic rings. The lowest BCUT2D eigenvalue weighted by Crippen LogP contribution is -2.79. The number of rotatable bonds is 18. The summed E-state index contributed by atoms with van der Waals surface area (Å²) in [6.45, 7) is 1.53. The van der Waals surface area contributed by atoms with Gasteiger partial charge in [-0.2, -0.15) is 145 Å². The van der Waals surface area contributed by atoms with Gasteiger partial charge in [-0.1, -0.05) is 0 Å². The molecular weight excluding hydrogens is 1070 g/mol. The van der Waals surface area contributed by atoms with E-state index >= 15 is 0 Å². The molecule has 0 rings (SSSR count). The lowest BCUT2D eigenvalue weighted by atomic mass is 9.91. The molecule has 0 fully saturated rings. The summed E-state index contributed by atoms with van der Waals surface area (Å²) in [5, 5.41) is 0. The smallest absolute Gasteiger partial charge is 0.385 e. The van der Waals surface area contributed by atoms with Gasteiger partial charge >= 0.3 is 107 Å². The number of alkyl halides is 27. The summed E-state index contributed by atoms with van der Waals surface area (Å²) in [5.74, 6) is -57.6. The first-order valence-corrected chi connectivity index (χ1v) is 17.7. The molecule has 0 heterocycles. The second kappa shape index (κ2) is 18.9. The zero-order valence-electron chi connectivity index (χ0n) is 28.7. The average molecular weight is 1080 g/mol. The third kappa shape index (κ3) is 10.6. The summed E-state index contributed by atoms with van der Waals surface area (Å²) >= 11 is 0. The zero-order chi connectivity index (χ0) is 52.7. The molecule has 0 aromatic carbocycles. The van der Waals surface area contributed by atoms with Crippen molar-refractivity contribution in [1.29, 1.82) is 0 Å². The number of hydrogen-bond donors (Lipinski definition) is 0. The molecule has 0 saturated heterocycles. The summed E-state index contributed by atoms with van der Waals surface area (Å²) in [4.78, 5) is 0. The quantitative estimate of drug-likeness (QED) is 0.101. The Bertz CT molecular complexity index is 1630. The van der Waals surface area contributed by atoms with Gasteiger partial charge in [0, 0.05) is 13.2 Å². The Morgan fingerprint density at radius 2 is 0.562 bits per heavy atom. The van der Waals surface area contributed by atoms with E-state index in [-0.39, 0.29) is 0 Å². The van der Waals surface area contributed by atoms with Gasteiger partial charge in [-0.15, -0.1) is 0 Å². The van der Waals surface area contributed by atoms with Crippen LogP contribution in [0, 0.1) is 0 Å². The van der Waals surface area contributed by atoms with Crippen LogP contribution in [0.1, 0.15) is 13.8 Å². The highest BCUT2D eigenvalue weighted by atomic mass is 28.4. The van der Waals surface area contributed by atoms with E-state index in [4.69, 9.17) is 0 Å². The van der Waals surface area contributed by atoms with E-state index in [2.05, 4.69) is 8.85 Å². The SMILES string of the molecule is CCO[Si](OCC)(C(F)=C(F)F)C(F)=C(F)F.FC(F)=C(F)[Si](OC(F)(F)C(F)(F)F)(OC(F)(F)C(F)(F)F)C(F)(F)C(F)(F)C(F)(F)C(F)(F)C(F)(F)C(F)(F)C(F)(F)C(F)(F)F. The van der Waals surface area contributed by atoms with Crippen molar-refractivity contribution in [2.24, 2.45) is 0 Å². The highest BCUT2D eigenvalue weighted by Crippen LogP contribution is 2.66. The lowest BCUT2D eigenvalue weighted by molar-refractivity contribution is -0.461. The van der Waals surface area contributed by atoms with Crippen LogP contribution in [0.3, 0.4) is 0 Å². The first kappa shape index (κ1) is 63.1. The lowest BCUT2D eigenvalue weighted by Gasteiger charge is -2.46. The van der Waals surface area contributed by atoms with Crippen LogP contribution in [0.2, 0.25) is 0 Å². The first-order chi connectivity index (χ1) is 27.6. The van der Waals surface area contributed by atoms with Gasteiger partial charge in [-0.05, 0) is 13.8 Å². The largest absolute Gasteiger partial charge is 0.498 e. The fourth-order valence-electron chi connectivity index (χ4n) is 3.39. The Kier molecular flexibility index (Phi) is 18.7. The first-order valence-electron chi connectivity index (χ1n) is 14.0. The van der Waals surface area contributed by atoms with Crippen molar-refractivity contribution in [3.05, 3.63) is 34.6 Å². The van der Waals surface area contributed by atoms with Crippen LogP contribution in [0.25, 0.3) is 0 Å². The van der Waals surface area contributed by atoms with Crippen LogP contribution in [0.5, 0.6) is 0 Å². The maximum Gasteiger partial charge on any atom is 0.498 e. The van der Waals surface area contributed by atoms with Crippen LogP contribution >= 0.6 is 0 Å². The standard InChI is InChI=1S/C14F30O2Si.C8H10F6O2Si/c15-1(16)2(17)47(45-12(39,40)10(33,34)35,46-13(41,42)11(36,37)38)14(43,44)8(28,29)6(24,25)4(20,21)3(18,19)5(22,23)7(26,27)9(30,31)32;1-3-15-17(16-4-2,7(13)5(9)10)8(14)6(11)12/h;3-4H2,1-2H3. The average Bonchev–Trinajstić information content (AvgIpc) is 3.07. The second-order valence-electron chi connectivity index (χ2n) is 10.6. The van der Waals surface area contributed by atoms with Crippen molar-refractivity contribution in [2.45, 2.75) is 85.7 Å². The molecule has 4 nitrogen and oxygen atoms in total. The maximum atomic E-state index is 14.6. The summed E-state index contributed by atoms with van der Waals surface area (Å²) in [6.07, 6.45) is -53.0. The van der Waals surface area contributed by atoms with Gasteiger partial charge in [-0.3, -0.25) is 0 Å². The van der Waals surface area contributed by atoms with Gasteiger partial charge in [0.05, 0.1) is 0 Å². The van der Waals surface area contributed by atoms with Crippen LogP contribution in [-0.4, -0.2) is 102 Å². The molecule has 0 spiro atoms. The molecule has 382 valence electrons. The summed E-state index contributed by atoms with van der Waals surface area (Å²) < 4.78 is 481. The third-order valence-corrected chi connectivity index (χ3v) is 12.3. The highest BCUT2D eigenvalue weighted by Gasteiger charge is 2.98. The number of hydrogen-bond acceptors (Lipinski definition) is 4.